The van der Waals surface area contributed by atoms with E-state index in [1.54, 1.807) is 7.11 Å². The minimum absolute atomic E-state index is 0. The number of hydrogen-bond donors (Lipinski definition) is 0. The van der Waals surface area contributed by atoms with E-state index in [-0.39, 0.29) is 24.0 Å². The number of hydrogen-bond acceptors (Lipinski definition) is 1. The lowest BCUT2D eigenvalue weighted by Gasteiger charge is -1.93. The summed E-state index contributed by atoms with van der Waals surface area (Å²) in [6.07, 6.45) is 0. The summed E-state index contributed by atoms with van der Waals surface area (Å²) in [5, 5.41) is 0. The number of rotatable bonds is 1. The van der Waals surface area contributed by atoms with Crippen LogP contribution in [0.15, 0.2) is 30.3 Å². The van der Waals surface area contributed by atoms with E-state index in [4.69, 9.17) is 4.74 Å². The van der Waals surface area contributed by atoms with Crippen LogP contribution in [0.3, 0.4) is 0 Å². The summed E-state index contributed by atoms with van der Waals surface area (Å²) in [5.41, 5.74) is 0. The second kappa shape index (κ2) is 4.61. The first-order valence-electron chi connectivity index (χ1n) is 2.52. The maximum absolute atomic E-state index is 4.91. The summed E-state index contributed by atoms with van der Waals surface area (Å²) in [4.78, 5) is 0. The Balaban J connectivity index is 0.000000640. The lowest BCUT2D eigenvalue weighted by molar-refractivity contribution is 0.415. The van der Waals surface area contributed by atoms with Gasteiger partial charge in [0, 0.05) is 0 Å². The van der Waals surface area contributed by atoms with Gasteiger partial charge in [0.2, 0.25) is 0 Å². The first kappa shape index (κ1) is 8.75. The molecule has 0 N–H and O–H groups in total. The largest absolute Gasteiger partial charge is 0.497 e. The Labute approximate surface area is 72.1 Å². The van der Waals surface area contributed by atoms with Crippen molar-refractivity contribution in [3.8, 4) is 5.75 Å². The highest BCUT2D eigenvalue weighted by Crippen LogP contribution is 2.05. The van der Waals surface area contributed by atoms with Crippen molar-refractivity contribution in [1.29, 1.82) is 0 Å². The standard InChI is InChI=1S/C7H8O.HI/c1-8-7-5-3-2-4-6-7;/h2-6H,1H3;1H. The molecular weight excluding hydrogens is 227 g/mol. The maximum Gasteiger partial charge on any atom is 0.118 e. The second-order valence-corrected chi connectivity index (χ2v) is 1.52. The van der Waals surface area contributed by atoms with E-state index in [1.165, 1.54) is 0 Å². The van der Waals surface area contributed by atoms with Crippen LogP contribution in [0.25, 0.3) is 0 Å². The molecule has 0 saturated carbocycles. The maximum atomic E-state index is 4.91. The van der Waals surface area contributed by atoms with Crippen LogP contribution in [-0.2, 0) is 0 Å². The predicted octanol–water partition coefficient (Wildman–Crippen LogP) is 2.31. The molecule has 0 aliphatic heterocycles. The van der Waals surface area contributed by atoms with Crippen LogP contribution in [0.5, 0.6) is 5.75 Å². The summed E-state index contributed by atoms with van der Waals surface area (Å²) < 4.78 is 4.91. The third-order valence-corrected chi connectivity index (χ3v) is 0.979. The van der Waals surface area contributed by atoms with Crippen LogP contribution in [0.1, 0.15) is 0 Å². The van der Waals surface area contributed by atoms with Crippen LogP contribution < -0.4 is 4.74 Å². The van der Waals surface area contributed by atoms with Gasteiger partial charge in [0.1, 0.15) is 5.75 Å². The first-order valence-corrected chi connectivity index (χ1v) is 2.52. The second-order valence-electron chi connectivity index (χ2n) is 1.52. The Hall–Kier alpha value is -0.250. The molecular formula is C7H9IO. The number of methoxy groups -OCH3 is 1. The van der Waals surface area contributed by atoms with E-state index >= 15 is 0 Å². The van der Waals surface area contributed by atoms with Crippen LogP contribution in [0, 0.1) is 0 Å². The Morgan fingerprint density at radius 1 is 1.11 bits per heavy atom. The van der Waals surface area contributed by atoms with Crippen LogP contribution in [0.2, 0.25) is 0 Å². The van der Waals surface area contributed by atoms with E-state index < -0.39 is 0 Å². The molecule has 0 heterocycles. The molecule has 1 rings (SSSR count). The van der Waals surface area contributed by atoms with Crippen molar-refractivity contribution in [2.75, 3.05) is 7.11 Å². The summed E-state index contributed by atoms with van der Waals surface area (Å²) in [5.74, 6) is 0.910. The number of benzene rings is 1. The van der Waals surface area contributed by atoms with E-state index in [9.17, 15) is 0 Å². The van der Waals surface area contributed by atoms with Gasteiger partial charge in [-0.2, -0.15) is 0 Å². The third kappa shape index (κ3) is 2.70. The Morgan fingerprint density at radius 3 is 2.00 bits per heavy atom. The minimum atomic E-state index is 0. The fourth-order valence-electron chi connectivity index (χ4n) is 0.557. The van der Waals surface area contributed by atoms with Crippen molar-refractivity contribution in [2.45, 2.75) is 0 Å². The normalized spacial score (nSPS) is 7.67. The van der Waals surface area contributed by atoms with Gasteiger partial charge in [-0.1, -0.05) is 18.2 Å². The average Bonchev–Trinajstić information content (AvgIpc) is 1.90. The molecule has 0 atom stereocenters. The summed E-state index contributed by atoms with van der Waals surface area (Å²) in [6, 6.07) is 9.68. The fourth-order valence-corrected chi connectivity index (χ4v) is 0.557. The van der Waals surface area contributed by atoms with Crippen LogP contribution >= 0.6 is 24.0 Å². The van der Waals surface area contributed by atoms with Crippen molar-refractivity contribution in [3.05, 3.63) is 30.3 Å². The molecule has 1 aromatic carbocycles. The van der Waals surface area contributed by atoms with Crippen LogP contribution in [0.4, 0.5) is 0 Å². The molecule has 0 aromatic heterocycles. The molecule has 0 bridgehead atoms. The van der Waals surface area contributed by atoms with E-state index in [0.29, 0.717) is 0 Å². The minimum Gasteiger partial charge on any atom is -0.497 e. The molecule has 1 aromatic rings. The fraction of sp³-hybridized carbons (Fsp3) is 0.143. The van der Waals surface area contributed by atoms with Gasteiger partial charge in [-0.15, -0.1) is 24.0 Å². The van der Waals surface area contributed by atoms with Gasteiger partial charge < -0.3 is 4.74 Å². The zero-order chi connectivity index (χ0) is 5.82. The van der Waals surface area contributed by atoms with Gasteiger partial charge in [-0.25, -0.2) is 0 Å². The molecule has 0 aliphatic rings. The molecule has 0 aliphatic carbocycles. The lowest BCUT2D eigenvalue weighted by atomic mass is 10.3. The lowest BCUT2D eigenvalue weighted by Crippen LogP contribution is -1.78. The number of para-hydroxylation sites is 1. The highest BCUT2D eigenvalue weighted by molar-refractivity contribution is 14.0. The molecule has 0 unspecified atom stereocenters. The molecule has 2 heteroatoms. The summed E-state index contributed by atoms with van der Waals surface area (Å²) >= 11 is 0. The Kier molecular flexibility index (Phi) is 4.48. The summed E-state index contributed by atoms with van der Waals surface area (Å²) in [6.45, 7) is 0. The molecule has 0 saturated heterocycles. The molecule has 9 heavy (non-hydrogen) atoms. The zero-order valence-electron chi connectivity index (χ0n) is 5.20. The van der Waals surface area contributed by atoms with Crippen LogP contribution in [-0.4, -0.2) is 7.11 Å². The van der Waals surface area contributed by atoms with Crippen molar-refractivity contribution in [2.24, 2.45) is 0 Å². The topological polar surface area (TPSA) is 9.23 Å². The van der Waals surface area contributed by atoms with Gasteiger partial charge in [-0.05, 0) is 12.1 Å². The van der Waals surface area contributed by atoms with E-state index in [2.05, 4.69) is 0 Å². The van der Waals surface area contributed by atoms with E-state index in [1.807, 2.05) is 30.3 Å². The van der Waals surface area contributed by atoms with Crippen molar-refractivity contribution in [3.63, 3.8) is 0 Å². The van der Waals surface area contributed by atoms with Crippen molar-refractivity contribution in [1.82, 2.24) is 0 Å². The smallest absolute Gasteiger partial charge is 0.118 e. The van der Waals surface area contributed by atoms with Gasteiger partial charge in [0.15, 0.2) is 0 Å². The predicted molar refractivity (Wildman–Crippen MR) is 48.4 cm³/mol. The molecule has 0 spiro atoms. The molecule has 0 radical (unpaired) electrons. The van der Waals surface area contributed by atoms with Crippen molar-refractivity contribution >= 4 is 24.0 Å². The molecule has 0 amide bonds. The molecule has 50 valence electrons. The Bertz CT molecular complexity index is 150. The Morgan fingerprint density at radius 2 is 1.67 bits per heavy atom. The molecule has 0 fully saturated rings. The zero-order valence-corrected chi connectivity index (χ0v) is 7.53. The van der Waals surface area contributed by atoms with Gasteiger partial charge in [0.05, 0.1) is 7.11 Å². The van der Waals surface area contributed by atoms with E-state index in [0.717, 1.165) is 5.75 Å². The third-order valence-electron chi connectivity index (χ3n) is 0.979. The number of halogens is 1. The quantitative estimate of drug-likeness (QED) is 0.680. The van der Waals surface area contributed by atoms with Gasteiger partial charge in [0.25, 0.3) is 0 Å². The average molecular weight is 236 g/mol. The molecule has 1 nitrogen and oxygen atoms in total. The van der Waals surface area contributed by atoms with Crippen molar-refractivity contribution < 1.29 is 4.74 Å². The van der Waals surface area contributed by atoms with Gasteiger partial charge >= 0.3 is 0 Å². The SMILES string of the molecule is COc1ccccc1.I. The summed E-state index contributed by atoms with van der Waals surface area (Å²) in [7, 11) is 1.66. The first-order chi connectivity index (χ1) is 3.93. The highest BCUT2D eigenvalue weighted by Gasteiger charge is 1.80. The van der Waals surface area contributed by atoms with Gasteiger partial charge in [-0.3, -0.25) is 0 Å². The highest BCUT2D eigenvalue weighted by atomic mass is 127. The monoisotopic (exact) mass is 236 g/mol. The number of ether oxygens (including phenoxy) is 1.